The van der Waals surface area contributed by atoms with Gasteiger partial charge in [0.05, 0.1) is 18.8 Å². The monoisotopic (exact) mass is 366 g/mol. The molecule has 0 fully saturated rings. The minimum Gasteiger partial charge on any atom is -0.497 e. The van der Waals surface area contributed by atoms with Gasteiger partial charge in [-0.1, -0.05) is 6.07 Å². The molecule has 2 aromatic heterocycles. The van der Waals surface area contributed by atoms with Gasteiger partial charge in [-0.3, -0.25) is 4.79 Å². The number of aromatic nitrogens is 3. The van der Waals surface area contributed by atoms with Gasteiger partial charge >= 0.3 is 0 Å². The first-order valence-corrected chi connectivity index (χ1v) is 8.93. The van der Waals surface area contributed by atoms with Gasteiger partial charge in [0.2, 0.25) is 0 Å². The van der Waals surface area contributed by atoms with E-state index < -0.39 is 0 Å². The Hall–Kier alpha value is -2.93. The van der Waals surface area contributed by atoms with Crippen LogP contribution in [-0.2, 0) is 6.54 Å². The highest BCUT2D eigenvalue weighted by molar-refractivity contribution is 7.00. The number of carbonyl (C=O) groups excluding carboxylic acids is 1. The summed E-state index contributed by atoms with van der Waals surface area (Å²) in [6, 6.07) is 11.7. The molecule has 0 aliphatic rings. The number of benzene rings is 2. The summed E-state index contributed by atoms with van der Waals surface area (Å²) >= 11 is 1.20. The number of amides is 1. The van der Waals surface area contributed by atoms with Crippen LogP contribution in [0.1, 0.15) is 21.6 Å². The number of hydrogen-bond acceptors (Lipinski definition) is 5. The fourth-order valence-corrected chi connectivity index (χ4v) is 3.63. The van der Waals surface area contributed by atoms with Crippen molar-refractivity contribution in [2.45, 2.75) is 13.5 Å². The summed E-state index contributed by atoms with van der Waals surface area (Å²) in [6.07, 6.45) is 0. The second kappa shape index (κ2) is 6.42. The zero-order valence-corrected chi connectivity index (χ0v) is 15.6. The molecule has 0 saturated carbocycles. The van der Waals surface area contributed by atoms with Gasteiger partial charge in [0.25, 0.3) is 5.91 Å². The number of fused-ring (bicyclic) bond motifs is 2. The lowest BCUT2D eigenvalue weighted by Crippen LogP contribution is -2.27. The lowest BCUT2D eigenvalue weighted by Gasteiger charge is -2.17. The zero-order chi connectivity index (χ0) is 18.3. The maximum absolute atomic E-state index is 12.9. The summed E-state index contributed by atoms with van der Waals surface area (Å²) in [5.41, 5.74) is 5.23. The zero-order valence-electron chi connectivity index (χ0n) is 14.7. The van der Waals surface area contributed by atoms with Gasteiger partial charge in [-0.05, 0) is 48.4 Å². The Morgan fingerprint density at radius 2 is 2.00 bits per heavy atom. The molecule has 4 rings (SSSR count). The average molecular weight is 366 g/mol. The summed E-state index contributed by atoms with van der Waals surface area (Å²) in [7, 11) is 3.44. The summed E-state index contributed by atoms with van der Waals surface area (Å²) in [5.74, 6) is 0.728. The highest BCUT2D eigenvalue weighted by Gasteiger charge is 2.19. The summed E-state index contributed by atoms with van der Waals surface area (Å²) in [4.78, 5) is 17.9. The number of H-pyrrole nitrogens is 1. The normalized spacial score (nSPS) is 11.2. The van der Waals surface area contributed by atoms with E-state index in [2.05, 4.69) is 13.7 Å². The van der Waals surface area contributed by atoms with E-state index in [0.29, 0.717) is 12.2 Å². The van der Waals surface area contributed by atoms with Gasteiger partial charge in [-0.25, -0.2) is 0 Å². The maximum atomic E-state index is 12.9. The van der Waals surface area contributed by atoms with Crippen molar-refractivity contribution in [3.8, 4) is 5.75 Å². The lowest BCUT2D eigenvalue weighted by atomic mass is 10.1. The van der Waals surface area contributed by atoms with Crippen LogP contribution in [0.4, 0.5) is 0 Å². The van der Waals surface area contributed by atoms with E-state index in [9.17, 15) is 4.79 Å². The van der Waals surface area contributed by atoms with Crippen LogP contribution in [0.5, 0.6) is 5.75 Å². The van der Waals surface area contributed by atoms with Crippen LogP contribution in [0.15, 0.2) is 36.4 Å². The summed E-state index contributed by atoms with van der Waals surface area (Å²) in [6.45, 7) is 2.46. The van der Waals surface area contributed by atoms with Crippen molar-refractivity contribution < 1.29 is 9.53 Å². The number of ether oxygens (including phenoxy) is 1. The molecule has 6 nitrogen and oxygen atoms in total. The minimum absolute atomic E-state index is 0.0471. The largest absolute Gasteiger partial charge is 0.497 e. The SMILES string of the molecule is COc1ccc2[nH]c(C(=O)N(C)Cc3ccc4nsnc4c3)c(C)c2c1. The standard InChI is InChI=1S/C19H18N4O2S/c1-11-14-9-13(25-3)5-7-15(14)20-18(11)19(24)23(2)10-12-4-6-16-17(8-12)22-26-21-16/h4-9,20H,10H2,1-3H3. The van der Waals surface area contributed by atoms with Crippen LogP contribution in [-0.4, -0.2) is 38.7 Å². The molecule has 26 heavy (non-hydrogen) atoms. The number of rotatable bonds is 4. The van der Waals surface area contributed by atoms with Crippen LogP contribution in [0.3, 0.4) is 0 Å². The molecule has 0 radical (unpaired) electrons. The van der Waals surface area contributed by atoms with Crippen molar-refractivity contribution in [1.82, 2.24) is 18.6 Å². The van der Waals surface area contributed by atoms with Gasteiger partial charge < -0.3 is 14.6 Å². The van der Waals surface area contributed by atoms with Crippen molar-refractivity contribution >= 4 is 39.6 Å². The van der Waals surface area contributed by atoms with Crippen LogP contribution in [0.25, 0.3) is 21.9 Å². The molecule has 0 bridgehead atoms. The smallest absolute Gasteiger partial charge is 0.270 e. The van der Waals surface area contributed by atoms with Gasteiger partial charge in [0.1, 0.15) is 22.5 Å². The highest BCUT2D eigenvalue weighted by Crippen LogP contribution is 2.27. The van der Waals surface area contributed by atoms with Crippen molar-refractivity contribution in [3.63, 3.8) is 0 Å². The number of nitrogens with one attached hydrogen (secondary N) is 1. The number of methoxy groups -OCH3 is 1. The predicted octanol–water partition coefficient (Wildman–Crippen LogP) is 3.76. The number of nitrogens with zero attached hydrogens (tertiary/aromatic N) is 3. The lowest BCUT2D eigenvalue weighted by molar-refractivity contribution is 0.0779. The highest BCUT2D eigenvalue weighted by atomic mass is 32.1. The molecule has 0 spiro atoms. The van der Waals surface area contributed by atoms with Gasteiger partial charge in [0, 0.05) is 24.5 Å². The molecule has 0 aliphatic carbocycles. The number of carbonyl (C=O) groups is 1. The topological polar surface area (TPSA) is 71.1 Å². The molecule has 0 saturated heterocycles. The Bertz CT molecular complexity index is 1120. The van der Waals surface area contributed by atoms with E-state index in [1.165, 1.54) is 11.7 Å². The van der Waals surface area contributed by atoms with Crippen LogP contribution < -0.4 is 4.74 Å². The first kappa shape index (κ1) is 16.5. The fraction of sp³-hybridized carbons (Fsp3) is 0.211. The number of aryl methyl sites for hydroxylation is 1. The Morgan fingerprint density at radius 3 is 2.81 bits per heavy atom. The molecule has 0 unspecified atom stereocenters. The Kier molecular flexibility index (Phi) is 4.08. The Balaban J connectivity index is 1.61. The predicted molar refractivity (Wildman–Crippen MR) is 103 cm³/mol. The second-order valence-corrected chi connectivity index (χ2v) is 6.81. The van der Waals surface area contributed by atoms with E-state index in [1.807, 2.05) is 43.3 Å². The van der Waals surface area contributed by atoms with Crippen LogP contribution >= 0.6 is 11.7 Å². The van der Waals surface area contributed by atoms with E-state index >= 15 is 0 Å². The van der Waals surface area contributed by atoms with Crippen molar-refractivity contribution in [2.75, 3.05) is 14.2 Å². The molecule has 1 amide bonds. The van der Waals surface area contributed by atoms with Gasteiger partial charge in [-0.15, -0.1) is 0 Å². The molecule has 0 aliphatic heterocycles. The molecule has 0 atom stereocenters. The van der Waals surface area contributed by atoms with Gasteiger partial charge in [-0.2, -0.15) is 8.75 Å². The van der Waals surface area contributed by atoms with E-state index in [-0.39, 0.29) is 5.91 Å². The fourth-order valence-electron chi connectivity index (χ4n) is 3.11. The number of aromatic amines is 1. The van der Waals surface area contributed by atoms with E-state index in [4.69, 9.17) is 4.74 Å². The summed E-state index contributed by atoms with van der Waals surface area (Å²) in [5, 5.41) is 0.996. The molecule has 4 aromatic rings. The minimum atomic E-state index is -0.0471. The van der Waals surface area contributed by atoms with Crippen molar-refractivity contribution in [2.24, 2.45) is 0 Å². The molecule has 2 aromatic carbocycles. The molecule has 1 N–H and O–H groups in total. The first-order chi connectivity index (χ1) is 12.6. The quantitative estimate of drug-likeness (QED) is 0.597. The van der Waals surface area contributed by atoms with Crippen LogP contribution in [0, 0.1) is 6.92 Å². The molecular formula is C19H18N4O2S. The van der Waals surface area contributed by atoms with Crippen molar-refractivity contribution in [3.05, 3.63) is 53.2 Å². The molecule has 2 heterocycles. The molecule has 7 heteroatoms. The third-order valence-electron chi connectivity index (χ3n) is 4.56. The second-order valence-electron chi connectivity index (χ2n) is 6.29. The van der Waals surface area contributed by atoms with E-state index in [0.717, 1.165) is 38.8 Å². The Labute approximate surface area is 154 Å². The molecular weight excluding hydrogens is 348 g/mol. The maximum Gasteiger partial charge on any atom is 0.270 e. The first-order valence-electron chi connectivity index (χ1n) is 8.20. The average Bonchev–Trinajstić information content (AvgIpc) is 3.25. The third-order valence-corrected chi connectivity index (χ3v) is 5.12. The Morgan fingerprint density at radius 1 is 1.19 bits per heavy atom. The number of hydrogen-bond donors (Lipinski definition) is 1. The third kappa shape index (κ3) is 2.80. The van der Waals surface area contributed by atoms with Crippen molar-refractivity contribution in [1.29, 1.82) is 0 Å². The van der Waals surface area contributed by atoms with Gasteiger partial charge in [0.15, 0.2) is 0 Å². The summed E-state index contributed by atoms with van der Waals surface area (Å²) < 4.78 is 13.7. The molecule has 132 valence electrons. The van der Waals surface area contributed by atoms with E-state index in [1.54, 1.807) is 19.1 Å². The van der Waals surface area contributed by atoms with Crippen LogP contribution in [0.2, 0.25) is 0 Å².